The number of halogens is 6. The van der Waals surface area contributed by atoms with Crippen LogP contribution in [0.5, 0.6) is 5.75 Å². The van der Waals surface area contributed by atoms with Gasteiger partial charge in [0.05, 0.1) is 24.7 Å². The van der Waals surface area contributed by atoms with Crippen molar-refractivity contribution in [3.63, 3.8) is 0 Å². The van der Waals surface area contributed by atoms with Gasteiger partial charge in [-0.1, -0.05) is 0 Å². The van der Waals surface area contributed by atoms with Crippen LogP contribution in [0.15, 0.2) is 18.2 Å². The molecule has 0 atom stereocenters. The minimum Gasteiger partial charge on any atom is -0.432 e. The van der Waals surface area contributed by atoms with Gasteiger partial charge in [-0.2, -0.15) is 22.0 Å². The molecule has 0 aromatic heterocycles. The first-order valence-electron chi connectivity index (χ1n) is 8.83. The average Bonchev–Trinajstić information content (AvgIpc) is 2.61. The Kier molecular flexibility index (Phi) is 5.90. The minimum absolute atomic E-state index is 0.0286. The van der Waals surface area contributed by atoms with Crippen molar-refractivity contribution < 1.29 is 40.6 Å². The van der Waals surface area contributed by atoms with Crippen molar-refractivity contribution in [2.75, 3.05) is 13.2 Å². The molecule has 0 radical (unpaired) electrons. The molecular formula is C18H20F6O3. The summed E-state index contributed by atoms with van der Waals surface area (Å²) in [7, 11) is 0. The fourth-order valence-corrected chi connectivity index (χ4v) is 3.54. The van der Waals surface area contributed by atoms with Crippen LogP contribution in [-0.2, 0) is 15.7 Å². The predicted molar refractivity (Wildman–Crippen MR) is 82.7 cm³/mol. The van der Waals surface area contributed by atoms with Gasteiger partial charge in [-0.3, -0.25) is 0 Å². The molecule has 0 spiro atoms. The maximum atomic E-state index is 14.4. The molecule has 0 bridgehead atoms. The van der Waals surface area contributed by atoms with Crippen molar-refractivity contribution in [1.82, 2.24) is 0 Å². The smallest absolute Gasteiger partial charge is 0.419 e. The van der Waals surface area contributed by atoms with Gasteiger partial charge in [-0.15, -0.1) is 0 Å². The highest BCUT2D eigenvalue weighted by molar-refractivity contribution is 5.30. The zero-order valence-corrected chi connectivity index (χ0v) is 14.4. The molecule has 1 heterocycles. The van der Waals surface area contributed by atoms with Gasteiger partial charge in [0.1, 0.15) is 11.6 Å². The molecule has 2 aliphatic rings. The van der Waals surface area contributed by atoms with Crippen molar-refractivity contribution >= 4 is 0 Å². The summed E-state index contributed by atoms with van der Waals surface area (Å²) in [5.74, 6) is -3.36. The Labute approximate surface area is 152 Å². The highest BCUT2D eigenvalue weighted by Gasteiger charge is 2.45. The number of rotatable bonds is 4. The van der Waals surface area contributed by atoms with E-state index < -0.39 is 35.3 Å². The molecule has 0 unspecified atom stereocenters. The number of ether oxygens (including phenoxy) is 3. The molecule has 9 heteroatoms. The Bertz CT molecular complexity index is 634. The topological polar surface area (TPSA) is 27.7 Å². The lowest BCUT2D eigenvalue weighted by molar-refractivity contribution is -0.239. The second-order valence-electron chi connectivity index (χ2n) is 6.88. The first-order valence-corrected chi connectivity index (χ1v) is 8.83. The molecule has 3 rings (SSSR count). The Morgan fingerprint density at radius 2 is 1.56 bits per heavy atom. The lowest BCUT2D eigenvalue weighted by Gasteiger charge is -2.37. The summed E-state index contributed by atoms with van der Waals surface area (Å²) in [5.41, 5.74) is -1.52. The standard InChI is InChI=1S/C18H20F6O3/c19-15-10-13(6-7-14(15)17(20,21)22)27-18(23,24)12-4-2-11(3-5-12)16-25-8-1-9-26-16/h6-7,10-12,16H,1-5,8-9H2. The van der Waals surface area contributed by atoms with E-state index in [1.807, 2.05) is 0 Å². The van der Waals surface area contributed by atoms with Crippen molar-refractivity contribution in [2.24, 2.45) is 11.8 Å². The van der Waals surface area contributed by atoms with Crippen LogP contribution in [-0.4, -0.2) is 25.6 Å². The lowest BCUT2D eigenvalue weighted by Crippen LogP contribution is -2.40. The highest BCUT2D eigenvalue weighted by atomic mass is 19.4. The Hall–Kier alpha value is -1.48. The lowest BCUT2D eigenvalue weighted by atomic mass is 9.81. The zero-order chi connectivity index (χ0) is 19.7. The van der Waals surface area contributed by atoms with Gasteiger partial charge >= 0.3 is 12.3 Å². The summed E-state index contributed by atoms with van der Waals surface area (Å²) in [5, 5.41) is 0. The van der Waals surface area contributed by atoms with Gasteiger partial charge in [0, 0.05) is 12.0 Å². The molecule has 0 N–H and O–H groups in total. The van der Waals surface area contributed by atoms with Gasteiger partial charge < -0.3 is 14.2 Å². The summed E-state index contributed by atoms with van der Waals surface area (Å²) in [6.45, 7) is 1.17. The van der Waals surface area contributed by atoms with Gasteiger partial charge in [-0.05, 0) is 44.2 Å². The molecule has 1 aliphatic carbocycles. The molecule has 1 saturated carbocycles. The van der Waals surface area contributed by atoms with Crippen LogP contribution in [0.25, 0.3) is 0 Å². The van der Waals surface area contributed by atoms with Crippen molar-refractivity contribution in [2.45, 2.75) is 50.7 Å². The maximum Gasteiger partial charge on any atom is 0.419 e. The Morgan fingerprint density at radius 3 is 2.11 bits per heavy atom. The second-order valence-corrected chi connectivity index (χ2v) is 6.88. The summed E-state index contributed by atoms with van der Waals surface area (Å²) >= 11 is 0. The third-order valence-electron chi connectivity index (χ3n) is 4.98. The van der Waals surface area contributed by atoms with E-state index in [-0.39, 0.29) is 25.0 Å². The van der Waals surface area contributed by atoms with Crippen LogP contribution >= 0.6 is 0 Å². The fourth-order valence-electron chi connectivity index (χ4n) is 3.54. The molecule has 1 aromatic carbocycles. The maximum absolute atomic E-state index is 14.4. The number of benzene rings is 1. The average molecular weight is 398 g/mol. The summed E-state index contributed by atoms with van der Waals surface area (Å²) in [6.07, 6.45) is -6.82. The molecule has 1 saturated heterocycles. The highest BCUT2D eigenvalue weighted by Crippen LogP contribution is 2.42. The van der Waals surface area contributed by atoms with E-state index in [2.05, 4.69) is 4.74 Å². The summed E-state index contributed by atoms with van der Waals surface area (Å²) in [4.78, 5) is 0. The van der Waals surface area contributed by atoms with Crippen LogP contribution in [0.2, 0.25) is 0 Å². The van der Waals surface area contributed by atoms with Crippen LogP contribution in [0.1, 0.15) is 37.7 Å². The largest absolute Gasteiger partial charge is 0.432 e. The van der Waals surface area contributed by atoms with E-state index in [4.69, 9.17) is 9.47 Å². The number of hydrogen-bond acceptors (Lipinski definition) is 3. The van der Waals surface area contributed by atoms with Crippen LogP contribution < -0.4 is 4.74 Å². The van der Waals surface area contributed by atoms with Gasteiger partial charge in [0.15, 0.2) is 6.29 Å². The summed E-state index contributed by atoms with van der Waals surface area (Å²) in [6, 6.07) is 1.44. The monoisotopic (exact) mass is 398 g/mol. The molecule has 2 fully saturated rings. The van der Waals surface area contributed by atoms with E-state index in [0.717, 1.165) is 6.42 Å². The first kappa shape index (κ1) is 20.3. The van der Waals surface area contributed by atoms with Crippen molar-refractivity contribution in [3.05, 3.63) is 29.6 Å². The van der Waals surface area contributed by atoms with E-state index in [9.17, 15) is 26.3 Å². The molecule has 152 valence electrons. The molecular weight excluding hydrogens is 378 g/mol. The van der Waals surface area contributed by atoms with Crippen molar-refractivity contribution in [1.29, 1.82) is 0 Å². The fraction of sp³-hybridized carbons (Fsp3) is 0.667. The van der Waals surface area contributed by atoms with E-state index in [0.29, 0.717) is 44.3 Å². The molecule has 0 amide bonds. The molecule has 1 aliphatic heterocycles. The number of alkyl halides is 5. The second kappa shape index (κ2) is 7.87. The Balaban J connectivity index is 1.59. The van der Waals surface area contributed by atoms with Gasteiger partial charge in [0.25, 0.3) is 0 Å². The quantitative estimate of drug-likeness (QED) is 0.637. The van der Waals surface area contributed by atoms with Crippen LogP contribution in [0.3, 0.4) is 0 Å². The predicted octanol–water partition coefficient (Wildman–Crippen LogP) is 5.39. The molecule has 27 heavy (non-hydrogen) atoms. The number of hydrogen-bond donors (Lipinski definition) is 0. The van der Waals surface area contributed by atoms with Crippen LogP contribution in [0, 0.1) is 17.7 Å². The normalized spacial score (nSPS) is 25.4. The zero-order valence-electron chi connectivity index (χ0n) is 14.4. The van der Waals surface area contributed by atoms with Gasteiger partial charge in [-0.25, -0.2) is 4.39 Å². The Morgan fingerprint density at radius 1 is 0.926 bits per heavy atom. The van der Waals surface area contributed by atoms with Gasteiger partial charge in [0.2, 0.25) is 0 Å². The van der Waals surface area contributed by atoms with E-state index in [1.165, 1.54) is 0 Å². The first-order chi connectivity index (χ1) is 12.7. The minimum atomic E-state index is -4.90. The molecule has 3 nitrogen and oxygen atoms in total. The van der Waals surface area contributed by atoms with Crippen molar-refractivity contribution in [3.8, 4) is 5.75 Å². The molecule has 1 aromatic rings. The third-order valence-corrected chi connectivity index (χ3v) is 4.98. The van der Waals surface area contributed by atoms with Crippen LogP contribution in [0.4, 0.5) is 26.3 Å². The SMILES string of the molecule is Fc1cc(OC(F)(F)C2CCC(C3OCCCO3)CC2)ccc1C(F)(F)F. The summed E-state index contributed by atoms with van der Waals surface area (Å²) < 4.78 is 95.6. The van der Waals surface area contributed by atoms with E-state index in [1.54, 1.807) is 0 Å². The van der Waals surface area contributed by atoms with E-state index >= 15 is 0 Å². The third kappa shape index (κ3) is 4.87.